The highest BCUT2D eigenvalue weighted by atomic mass is 35.5. The van der Waals surface area contributed by atoms with Gasteiger partial charge in [-0.05, 0) is 6.92 Å². The van der Waals surface area contributed by atoms with Gasteiger partial charge in [0, 0.05) is 0 Å². The summed E-state index contributed by atoms with van der Waals surface area (Å²) in [7, 11) is 0. The standard InChI is InChI=1S/C3H7NO2.2ClH/c1-2(4)3(5)6;;/h2H,4H2,1H3,(H,5,6);2*1H/t2-;;/m0../s1. The normalized spacial score (nSPS) is 10.2. The molecule has 0 aliphatic carbocycles. The van der Waals surface area contributed by atoms with E-state index >= 15 is 0 Å². The first-order chi connectivity index (χ1) is 2.64. The van der Waals surface area contributed by atoms with Crippen molar-refractivity contribution >= 4 is 30.8 Å². The molecule has 0 spiro atoms. The summed E-state index contributed by atoms with van der Waals surface area (Å²) in [5.74, 6) is -0.963. The zero-order chi connectivity index (χ0) is 5.15. The minimum Gasteiger partial charge on any atom is -0.480 e. The fourth-order valence-corrected chi connectivity index (χ4v) is 0. The lowest BCUT2D eigenvalue weighted by atomic mass is 10.4. The molecule has 0 amide bonds. The monoisotopic (exact) mass is 161 g/mol. The van der Waals surface area contributed by atoms with Crippen molar-refractivity contribution in [1.29, 1.82) is 0 Å². The van der Waals surface area contributed by atoms with Crippen molar-refractivity contribution in [2.24, 2.45) is 5.73 Å². The molecule has 8 heavy (non-hydrogen) atoms. The minimum absolute atomic E-state index is 0. The number of aliphatic carboxylic acids is 1. The molecule has 0 aliphatic heterocycles. The SMILES string of the molecule is C[C@H](N)C(=O)O.Cl.Cl. The molecule has 0 fully saturated rings. The van der Waals surface area contributed by atoms with Gasteiger partial charge in [0.05, 0.1) is 0 Å². The second-order valence-electron chi connectivity index (χ2n) is 1.13. The first kappa shape index (κ1) is 15.7. The molecule has 5 heteroatoms. The summed E-state index contributed by atoms with van der Waals surface area (Å²) in [6.45, 7) is 1.42. The molecule has 0 aromatic rings. The average molecular weight is 162 g/mol. The maximum atomic E-state index is 9.57. The van der Waals surface area contributed by atoms with Crippen LogP contribution in [-0.2, 0) is 4.79 Å². The molecule has 0 aromatic heterocycles. The third-order valence-electron chi connectivity index (χ3n) is 0.390. The fourth-order valence-electron chi connectivity index (χ4n) is 0. The van der Waals surface area contributed by atoms with Crippen molar-refractivity contribution in [3.05, 3.63) is 0 Å². The first-order valence-corrected chi connectivity index (χ1v) is 1.63. The fraction of sp³-hybridized carbons (Fsp3) is 0.667. The van der Waals surface area contributed by atoms with Gasteiger partial charge in [0.2, 0.25) is 0 Å². The summed E-state index contributed by atoms with van der Waals surface area (Å²) in [6, 6.07) is -0.731. The van der Waals surface area contributed by atoms with Gasteiger partial charge in [-0.25, -0.2) is 0 Å². The lowest BCUT2D eigenvalue weighted by molar-refractivity contribution is -0.138. The summed E-state index contributed by atoms with van der Waals surface area (Å²) in [5.41, 5.74) is 4.84. The Morgan fingerprint density at radius 3 is 1.75 bits per heavy atom. The van der Waals surface area contributed by atoms with Crippen LogP contribution < -0.4 is 5.73 Å². The molecule has 0 bridgehead atoms. The highest BCUT2D eigenvalue weighted by Gasteiger charge is 1.99. The Bertz CT molecular complexity index is 66.3. The third kappa shape index (κ3) is 9.38. The predicted molar refractivity (Wildman–Crippen MR) is 35.8 cm³/mol. The van der Waals surface area contributed by atoms with E-state index in [1.54, 1.807) is 0 Å². The highest BCUT2D eigenvalue weighted by Crippen LogP contribution is 1.68. The van der Waals surface area contributed by atoms with Crippen LogP contribution in [0.4, 0.5) is 0 Å². The topological polar surface area (TPSA) is 63.3 Å². The van der Waals surface area contributed by atoms with Crippen molar-refractivity contribution in [2.75, 3.05) is 0 Å². The smallest absolute Gasteiger partial charge is 0.320 e. The van der Waals surface area contributed by atoms with Crippen LogP contribution in [0, 0.1) is 0 Å². The van der Waals surface area contributed by atoms with Gasteiger partial charge in [-0.3, -0.25) is 4.79 Å². The zero-order valence-electron chi connectivity index (χ0n) is 4.33. The second-order valence-corrected chi connectivity index (χ2v) is 1.13. The third-order valence-corrected chi connectivity index (χ3v) is 0.390. The number of carbonyl (C=O) groups is 1. The molecule has 0 aromatic carbocycles. The molecule has 52 valence electrons. The summed E-state index contributed by atoms with van der Waals surface area (Å²) >= 11 is 0. The quantitative estimate of drug-likeness (QED) is 0.581. The molecule has 0 saturated carbocycles. The summed E-state index contributed by atoms with van der Waals surface area (Å²) < 4.78 is 0. The van der Waals surface area contributed by atoms with Crippen molar-refractivity contribution in [3.8, 4) is 0 Å². The number of carboxylic acids is 1. The van der Waals surface area contributed by atoms with Gasteiger partial charge >= 0.3 is 5.97 Å². The van der Waals surface area contributed by atoms with Crippen molar-refractivity contribution in [1.82, 2.24) is 0 Å². The van der Waals surface area contributed by atoms with E-state index in [1.807, 2.05) is 0 Å². The molecule has 0 unspecified atom stereocenters. The molecular weight excluding hydrogens is 153 g/mol. The van der Waals surface area contributed by atoms with Gasteiger partial charge in [-0.1, -0.05) is 0 Å². The molecule has 0 radical (unpaired) electrons. The molecule has 0 heterocycles. The van der Waals surface area contributed by atoms with Crippen LogP contribution in [0.1, 0.15) is 6.92 Å². The van der Waals surface area contributed by atoms with Crippen LogP contribution in [0.3, 0.4) is 0 Å². The van der Waals surface area contributed by atoms with E-state index < -0.39 is 12.0 Å². The van der Waals surface area contributed by atoms with Gasteiger partial charge in [-0.2, -0.15) is 0 Å². The maximum Gasteiger partial charge on any atom is 0.320 e. The molecule has 1 atom stereocenters. The Balaban J connectivity index is -0.000000125. The van der Waals surface area contributed by atoms with Crippen LogP contribution in [0.15, 0.2) is 0 Å². The molecule has 3 nitrogen and oxygen atoms in total. The number of hydrogen-bond donors (Lipinski definition) is 2. The number of nitrogens with two attached hydrogens (primary N) is 1. The summed E-state index contributed by atoms with van der Waals surface area (Å²) in [6.07, 6.45) is 0. The second kappa shape index (κ2) is 7.01. The Kier molecular flexibility index (Phi) is 13.7. The lowest BCUT2D eigenvalue weighted by Crippen LogP contribution is -2.25. The van der Waals surface area contributed by atoms with Crippen LogP contribution in [0.25, 0.3) is 0 Å². The van der Waals surface area contributed by atoms with Crippen molar-refractivity contribution in [2.45, 2.75) is 13.0 Å². The van der Waals surface area contributed by atoms with Crippen LogP contribution >= 0.6 is 24.8 Å². The minimum atomic E-state index is -0.963. The molecule has 0 aliphatic rings. The number of carboxylic acid groups (broad SMARTS) is 1. The molecular formula is C3H9Cl2NO2. The largest absolute Gasteiger partial charge is 0.480 e. The van der Waals surface area contributed by atoms with E-state index in [1.165, 1.54) is 6.92 Å². The Morgan fingerprint density at radius 1 is 1.62 bits per heavy atom. The van der Waals surface area contributed by atoms with Gasteiger partial charge in [-0.15, -0.1) is 24.8 Å². The van der Waals surface area contributed by atoms with E-state index in [0.29, 0.717) is 0 Å². The summed E-state index contributed by atoms with van der Waals surface area (Å²) in [5, 5.41) is 7.87. The van der Waals surface area contributed by atoms with Gasteiger partial charge in [0.25, 0.3) is 0 Å². The van der Waals surface area contributed by atoms with Gasteiger partial charge < -0.3 is 10.8 Å². The van der Waals surface area contributed by atoms with E-state index in [9.17, 15) is 4.79 Å². The highest BCUT2D eigenvalue weighted by molar-refractivity contribution is 5.85. The van der Waals surface area contributed by atoms with Crippen LogP contribution in [0.5, 0.6) is 0 Å². The Morgan fingerprint density at radius 2 is 1.75 bits per heavy atom. The average Bonchev–Trinajstić information content (AvgIpc) is 1.36. The van der Waals surface area contributed by atoms with Crippen LogP contribution in [-0.4, -0.2) is 17.1 Å². The molecule has 0 saturated heterocycles. The number of halogens is 2. The van der Waals surface area contributed by atoms with Gasteiger partial charge in [0.1, 0.15) is 6.04 Å². The van der Waals surface area contributed by atoms with Crippen molar-refractivity contribution < 1.29 is 9.90 Å². The number of rotatable bonds is 1. The van der Waals surface area contributed by atoms with Crippen LogP contribution in [0.2, 0.25) is 0 Å². The van der Waals surface area contributed by atoms with E-state index in [-0.39, 0.29) is 24.8 Å². The van der Waals surface area contributed by atoms with E-state index in [2.05, 4.69) is 0 Å². The first-order valence-electron chi connectivity index (χ1n) is 1.63. The lowest BCUT2D eigenvalue weighted by Gasteiger charge is -1.90. The Hall–Kier alpha value is 0.01000. The maximum absolute atomic E-state index is 9.57. The zero-order valence-corrected chi connectivity index (χ0v) is 5.96. The van der Waals surface area contributed by atoms with Crippen molar-refractivity contribution in [3.63, 3.8) is 0 Å². The molecule has 0 rings (SSSR count). The number of hydrogen-bond acceptors (Lipinski definition) is 2. The van der Waals surface area contributed by atoms with E-state index in [4.69, 9.17) is 10.8 Å². The summed E-state index contributed by atoms with van der Waals surface area (Å²) in [4.78, 5) is 9.57. The molecule has 3 N–H and O–H groups in total. The predicted octanol–water partition coefficient (Wildman–Crippen LogP) is 0.262. The van der Waals surface area contributed by atoms with Gasteiger partial charge in [0.15, 0.2) is 0 Å². The Labute approximate surface area is 60.1 Å². The van der Waals surface area contributed by atoms with E-state index in [0.717, 1.165) is 0 Å².